The molecule has 0 aliphatic rings. The number of aryl methyl sites for hydroxylation is 1. The van der Waals surface area contributed by atoms with Crippen LogP contribution in [0, 0.1) is 6.92 Å². The number of hydrogen-bond acceptors (Lipinski definition) is 6. The summed E-state index contributed by atoms with van der Waals surface area (Å²) in [7, 11) is 5.61. The molecule has 0 bridgehead atoms. The number of para-hydroxylation sites is 2. The molecule has 170 valence electrons. The molecule has 3 aromatic carbocycles. The normalized spacial score (nSPS) is 11.1. The minimum absolute atomic E-state index is 0.154. The topological polar surface area (TPSA) is 54.9 Å². The van der Waals surface area contributed by atoms with Crippen molar-refractivity contribution in [3.63, 3.8) is 0 Å². The highest BCUT2D eigenvalue weighted by molar-refractivity contribution is 7.22. The van der Waals surface area contributed by atoms with Crippen molar-refractivity contribution in [1.82, 2.24) is 9.88 Å². The largest absolute Gasteiger partial charge is 0.494 e. The Balaban J connectivity index is 1.75. The Labute approximate surface area is 198 Å². The summed E-state index contributed by atoms with van der Waals surface area (Å²) in [6.07, 6.45) is 0. The monoisotopic (exact) mass is 461 g/mol. The second-order valence-electron chi connectivity index (χ2n) is 7.93. The first-order valence-electron chi connectivity index (χ1n) is 10.7. The zero-order chi connectivity index (χ0) is 23.4. The molecule has 4 aromatic rings. The first kappa shape index (κ1) is 22.8. The summed E-state index contributed by atoms with van der Waals surface area (Å²) in [5.41, 5.74) is 2.36. The molecule has 0 atom stereocenters. The van der Waals surface area contributed by atoms with Gasteiger partial charge < -0.3 is 14.4 Å². The SMILES string of the molecule is COc1ccc(C)c2sc(N(CCN(C)C)C(=O)c3ccccc3Oc3ccccc3)nc12. The van der Waals surface area contributed by atoms with Crippen LogP contribution < -0.4 is 14.4 Å². The van der Waals surface area contributed by atoms with Crippen LogP contribution in [0.2, 0.25) is 0 Å². The van der Waals surface area contributed by atoms with Crippen molar-refractivity contribution in [3.8, 4) is 17.2 Å². The summed E-state index contributed by atoms with van der Waals surface area (Å²) in [4.78, 5) is 22.5. The fourth-order valence-electron chi connectivity index (χ4n) is 3.46. The molecule has 0 fully saturated rings. The highest BCUT2D eigenvalue weighted by Gasteiger charge is 2.25. The Kier molecular flexibility index (Phi) is 6.91. The van der Waals surface area contributed by atoms with Gasteiger partial charge in [0.15, 0.2) is 5.13 Å². The summed E-state index contributed by atoms with van der Waals surface area (Å²) in [6, 6.07) is 20.7. The smallest absolute Gasteiger partial charge is 0.263 e. The number of aromatic nitrogens is 1. The van der Waals surface area contributed by atoms with E-state index in [0.29, 0.717) is 41.0 Å². The van der Waals surface area contributed by atoms with Crippen molar-refractivity contribution >= 4 is 32.6 Å². The second-order valence-corrected chi connectivity index (χ2v) is 8.91. The number of anilines is 1. The van der Waals surface area contributed by atoms with Crippen molar-refractivity contribution in [2.45, 2.75) is 6.92 Å². The van der Waals surface area contributed by atoms with Crippen LogP contribution in [0.3, 0.4) is 0 Å². The Hall–Kier alpha value is -3.42. The fourth-order valence-corrected chi connectivity index (χ4v) is 4.53. The van der Waals surface area contributed by atoms with Crippen LogP contribution in [0.1, 0.15) is 15.9 Å². The quantitative estimate of drug-likeness (QED) is 0.341. The molecule has 1 amide bonds. The maximum absolute atomic E-state index is 13.8. The molecule has 1 aromatic heterocycles. The maximum atomic E-state index is 13.8. The van der Waals surface area contributed by atoms with Crippen LogP contribution in [0.5, 0.6) is 17.2 Å². The lowest BCUT2D eigenvalue weighted by Gasteiger charge is -2.23. The molecule has 0 spiro atoms. The molecule has 1 heterocycles. The van der Waals surface area contributed by atoms with Gasteiger partial charge in [0.05, 0.1) is 17.4 Å². The van der Waals surface area contributed by atoms with E-state index in [1.165, 1.54) is 11.3 Å². The molecule has 0 saturated heterocycles. The number of fused-ring (bicyclic) bond motifs is 1. The Morgan fingerprint density at radius 1 is 0.939 bits per heavy atom. The van der Waals surface area contributed by atoms with Crippen molar-refractivity contribution in [1.29, 1.82) is 0 Å². The number of methoxy groups -OCH3 is 1. The number of likely N-dealkylation sites (N-methyl/N-ethyl adjacent to an activating group) is 1. The first-order chi connectivity index (χ1) is 16.0. The first-order valence-corrected chi connectivity index (χ1v) is 11.5. The van der Waals surface area contributed by atoms with E-state index in [4.69, 9.17) is 14.5 Å². The van der Waals surface area contributed by atoms with Gasteiger partial charge in [0, 0.05) is 13.1 Å². The third kappa shape index (κ3) is 4.99. The number of ether oxygens (including phenoxy) is 2. The highest BCUT2D eigenvalue weighted by atomic mass is 32.1. The van der Waals surface area contributed by atoms with Crippen LogP contribution in [0.25, 0.3) is 10.2 Å². The number of carbonyl (C=O) groups excluding carboxylic acids is 1. The van der Waals surface area contributed by atoms with Crippen LogP contribution in [0.15, 0.2) is 66.7 Å². The summed E-state index contributed by atoms with van der Waals surface area (Å²) < 4.78 is 12.6. The van der Waals surface area contributed by atoms with Crippen molar-refractivity contribution in [2.75, 3.05) is 39.2 Å². The van der Waals surface area contributed by atoms with Gasteiger partial charge in [-0.15, -0.1) is 0 Å². The number of nitrogens with zero attached hydrogens (tertiary/aromatic N) is 3. The van der Waals surface area contributed by atoms with Gasteiger partial charge in [0.1, 0.15) is 22.8 Å². The van der Waals surface area contributed by atoms with Gasteiger partial charge in [0.2, 0.25) is 0 Å². The van der Waals surface area contributed by atoms with E-state index >= 15 is 0 Å². The van der Waals surface area contributed by atoms with Gasteiger partial charge >= 0.3 is 0 Å². The predicted molar refractivity (Wildman–Crippen MR) is 134 cm³/mol. The Bertz CT molecular complexity index is 1250. The standard InChI is InChI=1S/C26H27N3O3S/c1-18-14-15-22(31-4)23-24(18)33-26(27-23)29(17-16-28(2)3)25(30)20-12-8-9-13-21(20)32-19-10-6-5-7-11-19/h5-15H,16-17H2,1-4H3. The average molecular weight is 462 g/mol. The van der Waals surface area contributed by atoms with Crippen LogP contribution in [-0.2, 0) is 0 Å². The molecule has 0 N–H and O–H groups in total. The van der Waals surface area contributed by atoms with Crippen molar-refractivity contribution in [2.24, 2.45) is 0 Å². The minimum atomic E-state index is -0.154. The van der Waals surface area contributed by atoms with Crippen molar-refractivity contribution < 1.29 is 14.3 Å². The predicted octanol–water partition coefficient (Wildman–Crippen LogP) is 5.61. The summed E-state index contributed by atoms with van der Waals surface area (Å²) >= 11 is 1.50. The van der Waals surface area contributed by atoms with Gasteiger partial charge in [-0.3, -0.25) is 9.69 Å². The van der Waals surface area contributed by atoms with E-state index in [0.717, 1.165) is 15.8 Å². The highest BCUT2D eigenvalue weighted by Crippen LogP contribution is 2.37. The lowest BCUT2D eigenvalue weighted by Crippen LogP contribution is -2.36. The lowest BCUT2D eigenvalue weighted by molar-refractivity contribution is 0.0983. The second kappa shape index (κ2) is 10.0. The van der Waals surface area contributed by atoms with E-state index in [9.17, 15) is 4.79 Å². The van der Waals surface area contributed by atoms with E-state index in [1.807, 2.05) is 86.6 Å². The molecule has 4 rings (SSSR count). The molecule has 0 aliphatic carbocycles. The molecule has 6 nitrogen and oxygen atoms in total. The van der Waals surface area contributed by atoms with Gasteiger partial charge in [-0.05, 0) is 56.9 Å². The van der Waals surface area contributed by atoms with E-state index in [-0.39, 0.29) is 5.91 Å². The molecular formula is C26H27N3O3S. The molecular weight excluding hydrogens is 434 g/mol. The van der Waals surface area contributed by atoms with Crippen molar-refractivity contribution in [3.05, 3.63) is 77.9 Å². The third-order valence-electron chi connectivity index (χ3n) is 5.25. The zero-order valence-electron chi connectivity index (χ0n) is 19.2. The molecule has 0 aliphatic heterocycles. The fraction of sp³-hybridized carbons (Fsp3) is 0.231. The average Bonchev–Trinajstić information content (AvgIpc) is 3.26. The Morgan fingerprint density at radius 3 is 2.39 bits per heavy atom. The maximum Gasteiger partial charge on any atom is 0.263 e. The summed E-state index contributed by atoms with van der Waals surface area (Å²) in [5, 5.41) is 0.638. The van der Waals surface area contributed by atoms with Crippen LogP contribution in [0.4, 0.5) is 5.13 Å². The van der Waals surface area contributed by atoms with Crippen LogP contribution >= 0.6 is 11.3 Å². The lowest BCUT2D eigenvalue weighted by atomic mass is 10.1. The zero-order valence-corrected chi connectivity index (χ0v) is 20.1. The minimum Gasteiger partial charge on any atom is -0.494 e. The number of hydrogen-bond donors (Lipinski definition) is 0. The van der Waals surface area contributed by atoms with E-state index in [1.54, 1.807) is 18.1 Å². The van der Waals surface area contributed by atoms with E-state index in [2.05, 4.69) is 0 Å². The number of amides is 1. The van der Waals surface area contributed by atoms with Crippen LogP contribution in [-0.4, -0.2) is 50.1 Å². The molecule has 0 radical (unpaired) electrons. The third-order valence-corrected chi connectivity index (χ3v) is 6.46. The summed E-state index contributed by atoms with van der Waals surface area (Å²) in [5.74, 6) is 1.74. The number of carbonyl (C=O) groups is 1. The number of rotatable bonds is 8. The number of benzene rings is 3. The molecule has 33 heavy (non-hydrogen) atoms. The van der Waals surface area contributed by atoms with Gasteiger partial charge in [-0.25, -0.2) is 4.98 Å². The number of thiazole rings is 1. The van der Waals surface area contributed by atoms with Gasteiger partial charge in [-0.2, -0.15) is 0 Å². The summed E-state index contributed by atoms with van der Waals surface area (Å²) in [6.45, 7) is 3.23. The molecule has 0 saturated carbocycles. The van der Waals surface area contributed by atoms with Gasteiger partial charge in [-0.1, -0.05) is 47.7 Å². The van der Waals surface area contributed by atoms with E-state index < -0.39 is 0 Å². The van der Waals surface area contributed by atoms with Gasteiger partial charge in [0.25, 0.3) is 5.91 Å². The molecule has 0 unspecified atom stereocenters. The Morgan fingerprint density at radius 2 is 1.67 bits per heavy atom. The molecule has 7 heteroatoms.